The highest BCUT2D eigenvalue weighted by Gasteiger charge is 2.21. The average Bonchev–Trinajstić information content (AvgIpc) is 2.94. The van der Waals surface area contributed by atoms with Crippen LogP contribution in [0, 0.1) is 19.3 Å². The van der Waals surface area contributed by atoms with Crippen molar-refractivity contribution in [2.24, 2.45) is 0 Å². The Bertz CT molecular complexity index is 1030. The van der Waals surface area contributed by atoms with Gasteiger partial charge in [-0.1, -0.05) is 5.92 Å². The number of ether oxygens (including phenoxy) is 1. The number of benzene rings is 1. The lowest BCUT2D eigenvalue weighted by atomic mass is 10.1. The molecular weight excluding hydrogens is 501 g/mol. The van der Waals surface area contributed by atoms with Crippen LogP contribution in [-0.4, -0.2) is 40.4 Å². The fourth-order valence-corrected chi connectivity index (χ4v) is 4.40. The number of aryl methyl sites for hydroxylation is 1. The largest absolute Gasteiger partial charge is 0.444 e. The first kappa shape index (κ1) is 23.2. The Hall–Kier alpha value is -2.12. The molecule has 6 nitrogen and oxygen atoms in total. The van der Waals surface area contributed by atoms with Crippen molar-refractivity contribution in [1.82, 2.24) is 8.87 Å². The molecule has 154 valence electrons. The van der Waals surface area contributed by atoms with E-state index in [9.17, 15) is 9.59 Å². The van der Waals surface area contributed by atoms with Crippen molar-refractivity contribution in [3.63, 3.8) is 0 Å². The number of hydrogen-bond donors (Lipinski definition) is 1. The van der Waals surface area contributed by atoms with Gasteiger partial charge in [0.1, 0.15) is 11.3 Å². The molecule has 2 aromatic rings. The van der Waals surface area contributed by atoms with Crippen molar-refractivity contribution in [3.05, 3.63) is 41.2 Å². The lowest BCUT2D eigenvalue weighted by molar-refractivity contribution is 0.0635. The summed E-state index contributed by atoms with van der Waals surface area (Å²) in [5.41, 5.74) is 2.43. The van der Waals surface area contributed by atoms with Gasteiger partial charge in [0.2, 0.25) is 5.78 Å². The molecule has 0 aliphatic rings. The molecule has 1 amide bonds. The first-order valence-electron chi connectivity index (χ1n) is 8.81. The summed E-state index contributed by atoms with van der Waals surface area (Å²) >= 11 is 2.12. The topological polar surface area (TPSA) is 63.6 Å². The van der Waals surface area contributed by atoms with Crippen molar-refractivity contribution in [1.29, 1.82) is 0 Å². The summed E-state index contributed by atoms with van der Waals surface area (Å²) < 4.78 is 7.14. The number of carbonyl (C=O) groups excluding carboxylic acids is 2. The second kappa shape index (κ2) is 9.13. The van der Waals surface area contributed by atoms with E-state index in [-0.39, 0.29) is 11.4 Å². The van der Waals surface area contributed by atoms with Crippen molar-refractivity contribution in [2.75, 3.05) is 19.4 Å². The maximum absolute atomic E-state index is 13.0. The van der Waals surface area contributed by atoms with E-state index in [0.717, 1.165) is 16.5 Å². The normalized spacial score (nSPS) is 11.9. The third-order valence-electron chi connectivity index (χ3n) is 3.83. The number of nitrogens with one attached hydrogen (secondary N) is 1. The van der Waals surface area contributed by atoms with Gasteiger partial charge in [0.15, 0.2) is 0 Å². The van der Waals surface area contributed by atoms with Crippen LogP contribution < -0.4 is 5.32 Å². The Morgan fingerprint density at radius 2 is 1.97 bits per heavy atom. The summed E-state index contributed by atoms with van der Waals surface area (Å²) in [5.74, 6) is 2.23. The highest BCUT2D eigenvalue weighted by molar-refractivity contribution is 14.2. The molecule has 29 heavy (non-hydrogen) atoms. The molecule has 0 spiro atoms. The maximum atomic E-state index is 13.0. The molecule has 0 aliphatic carbocycles. The molecule has 0 atom stereocenters. The van der Waals surface area contributed by atoms with E-state index in [1.54, 1.807) is 15.1 Å². The van der Waals surface area contributed by atoms with Crippen LogP contribution in [0.5, 0.6) is 0 Å². The predicted octanol–water partition coefficient (Wildman–Crippen LogP) is 5.40. The van der Waals surface area contributed by atoms with Crippen molar-refractivity contribution < 1.29 is 14.3 Å². The Labute approximate surface area is 187 Å². The van der Waals surface area contributed by atoms with E-state index < -0.39 is 11.7 Å². The number of fused-ring (bicyclic) bond motifs is 1. The Balaban J connectivity index is 2.51. The molecule has 1 aromatic heterocycles. The lowest BCUT2D eigenvalue weighted by Crippen LogP contribution is -2.27. The smallest absolute Gasteiger partial charge is 0.412 e. The fraction of sp³-hybridized carbons (Fsp3) is 0.333. The summed E-state index contributed by atoms with van der Waals surface area (Å²) in [6, 6.07) is 5.57. The molecule has 0 radical (unpaired) electrons. The Morgan fingerprint density at radius 3 is 2.48 bits per heavy atom. The van der Waals surface area contributed by atoms with E-state index in [4.69, 9.17) is 11.2 Å². The van der Waals surface area contributed by atoms with Gasteiger partial charge in [0, 0.05) is 61.7 Å². The van der Waals surface area contributed by atoms with Gasteiger partial charge in [0.25, 0.3) is 0 Å². The van der Waals surface area contributed by atoms with E-state index in [1.807, 2.05) is 60.0 Å². The molecule has 0 fully saturated rings. The third-order valence-corrected chi connectivity index (χ3v) is 5.54. The van der Waals surface area contributed by atoms with Crippen molar-refractivity contribution >= 4 is 58.8 Å². The van der Waals surface area contributed by atoms with Crippen LogP contribution in [0.3, 0.4) is 0 Å². The van der Waals surface area contributed by atoms with Crippen molar-refractivity contribution in [3.8, 4) is 12.3 Å². The van der Waals surface area contributed by atoms with E-state index >= 15 is 0 Å². The van der Waals surface area contributed by atoms with Gasteiger partial charge in [-0.05, 0) is 51.5 Å². The van der Waals surface area contributed by atoms with Crippen LogP contribution >= 0.6 is 30.3 Å². The number of nitrogens with zero attached hydrogens (tertiary/aromatic N) is 2. The zero-order valence-corrected chi connectivity index (χ0v) is 20.3. The average molecular weight is 525 g/mol. The number of allylic oxidation sites excluding steroid dienone is 1. The zero-order valence-electron chi connectivity index (χ0n) is 17.3. The van der Waals surface area contributed by atoms with Gasteiger partial charge in [0.05, 0.1) is 11.1 Å². The summed E-state index contributed by atoms with van der Waals surface area (Å²) in [6.45, 7) is 7.31. The number of rotatable bonds is 5. The zero-order chi connectivity index (χ0) is 21.9. The second-order valence-corrected chi connectivity index (χ2v) is 9.41. The van der Waals surface area contributed by atoms with E-state index in [2.05, 4.69) is 32.4 Å². The SMILES string of the molecule is C#C/C(=C\N(C)C)C(=O)c1cc2cc(C)c(NC(=O)OC(C)(C)C)cc2n1SI. The van der Waals surface area contributed by atoms with Gasteiger partial charge >= 0.3 is 6.09 Å². The highest BCUT2D eigenvalue weighted by atomic mass is 127. The summed E-state index contributed by atoms with van der Waals surface area (Å²) in [6.07, 6.45) is 6.65. The Morgan fingerprint density at radius 1 is 1.31 bits per heavy atom. The van der Waals surface area contributed by atoms with E-state index in [1.165, 1.54) is 9.12 Å². The molecule has 2 rings (SSSR count). The first-order chi connectivity index (χ1) is 13.5. The number of ketones is 1. The lowest BCUT2D eigenvalue weighted by Gasteiger charge is -2.20. The predicted molar refractivity (Wildman–Crippen MR) is 128 cm³/mol. The minimum absolute atomic E-state index is 0.235. The molecule has 0 unspecified atom stereocenters. The molecule has 1 heterocycles. The third kappa shape index (κ3) is 5.70. The van der Waals surface area contributed by atoms with Gasteiger partial charge < -0.3 is 9.64 Å². The summed E-state index contributed by atoms with van der Waals surface area (Å²) in [5, 5.41) is 3.67. The van der Waals surface area contributed by atoms with E-state index in [0.29, 0.717) is 11.4 Å². The van der Waals surface area contributed by atoms with Gasteiger partial charge in [-0.25, -0.2) is 4.79 Å². The molecule has 8 heteroatoms. The monoisotopic (exact) mass is 525 g/mol. The number of amides is 1. The van der Waals surface area contributed by atoms with Crippen LogP contribution in [0.15, 0.2) is 30.0 Å². The van der Waals surface area contributed by atoms with Gasteiger partial charge in [-0.3, -0.25) is 14.1 Å². The van der Waals surface area contributed by atoms with Crippen molar-refractivity contribution in [2.45, 2.75) is 33.3 Å². The molecule has 0 saturated carbocycles. The fourth-order valence-electron chi connectivity index (χ4n) is 2.68. The van der Waals surface area contributed by atoms with Crippen LogP contribution in [0.2, 0.25) is 0 Å². The second-order valence-electron chi connectivity index (χ2n) is 7.73. The standard InChI is InChI=1S/C21H24IN3O3S/c1-8-14(12-24(6)7)19(26)18-10-15-9-13(2)16(11-17(15)25(18)29-22)23-20(27)28-21(3,4)5/h1,9-12H,2-7H3,(H,23,27)/b14-12+. The number of carbonyl (C=O) groups is 2. The molecular formula is C21H24IN3O3S. The summed E-state index contributed by atoms with van der Waals surface area (Å²) in [4.78, 5) is 26.9. The number of anilines is 1. The van der Waals surface area contributed by atoms with Crippen LogP contribution in [-0.2, 0) is 4.74 Å². The molecule has 1 aromatic carbocycles. The highest BCUT2D eigenvalue weighted by Crippen LogP contribution is 2.33. The number of Topliss-reactive ketones (excluding diaryl/α,β-unsaturated/α-hetero) is 1. The molecule has 0 aliphatic heterocycles. The number of hydrogen-bond acceptors (Lipinski definition) is 5. The van der Waals surface area contributed by atoms with Crippen LogP contribution in [0.4, 0.5) is 10.5 Å². The summed E-state index contributed by atoms with van der Waals surface area (Å²) in [7, 11) is 4.98. The number of terminal acetylenes is 1. The van der Waals surface area contributed by atoms with Crippen LogP contribution in [0.25, 0.3) is 10.9 Å². The maximum Gasteiger partial charge on any atom is 0.412 e. The van der Waals surface area contributed by atoms with Crippen LogP contribution in [0.1, 0.15) is 36.8 Å². The number of aromatic nitrogens is 1. The molecule has 0 bridgehead atoms. The molecule has 0 saturated heterocycles. The minimum Gasteiger partial charge on any atom is -0.444 e. The minimum atomic E-state index is -0.593. The Kier molecular flexibility index (Phi) is 7.30. The molecule has 1 N–H and O–H groups in total. The quantitative estimate of drug-likeness (QED) is 0.245. The first-order valence-corrected chi connectivity index (χ1v) is 12.1. The van der Waals surface area contributed by atoms with Gasteiger partial charge in [-0.15, -0.1) is 6.42 Å². The van der Waals surface area contributed by atoms with Gasteiger partial charge in [-0.2, -0.15) is 0 Å². The number of halogens is 1.